The number of carbonyl (C=O) groups excluding carboxylic acids is 2. The van der Waals surface area contributed by atoms with Gasteiger partial charge in [-0.3, -0.25) is 10.1 Å². The molecule has 2 N–H and O–H groups in total. The van der Waals surface area contributed by atoms with Crippen LogP contribution in [0.5, 0.6) is 11.5 Å². The predicted octanol–water partition coefficient (Wildman–Crippen LogP) is 0.418. The fourth-order valence-corrected chi connectivity index (χ4v) is 1.47. The van der Waals surface area contributed by atoms with Gasteiger partial charge in [0, 0.05) is 19.7 Å². The van der Waals surface area contributed by atoms with E-state index in [1.165, 1.54) is 32.4 Å². The Hall–Kier alpha value is -2.79. The molecule has 118 valence electrons. The van der Waals surface area contributed by atoms with Gasteiger partial charge >= 0.3 is 6.03 Å². The van der Waals surface area contributed by atoms with E-state index in [4.69, 9.17) is 19.5 Å². The zero-order valence-electron chi connectivity index (χ0n) is 12.3. The van der Waals surface area contributed by atoms with Gasteiger partial charge in [0.25, 0.3) is 5.91 Å². The molecule has 1 aromatic carbocycles. The number of imide groups is 1. The number of nitrogens with zero attached hydrogens (tertiary/aromatic N) is 1. The third kappa shape index (κ3) is 5.68. The van der Waals surface area contributed by atoms with Gasteiger partial charge in [-0.2, -0.15) is 5.26 Å². The summed E-state index contributed by atoms with van der Waals surface area (Å²) in [5.41, 5.74) is 0.408. The second-order valence-corrected chi connectivity index (χ2v) is 4.06. The summed E-state index contributed by atoms with van der Waals surface area (Å²) in [6, 6.07) is 5.88. The minimum atomic E-state index is -0.627. The molecule has 8 heteroatoms. The predicted molar refractivity (Wildman–Crippen MR) is 76.6 cm³/mol. The zero-order valence-corrected chi connectivity index (χ0v) is 12.3. The number of benzene rings is 1. The van der Waals surface area contributed by atoms with Crippen LogP contribution in [0.15, 0.2) is 18.2 Å². The maximum atomic E-state index is 11.6. The molecule has 0 heterocycles. The highest BCUT2D eigenvalue weighted by Crippen LogP contribution is 2.27. The van der Waals surface area contributed by atoms with Gasteiger partial charge in [0.05, 0.1) is 25.3 Å². The monoisotopic (exact) mass is 307 g/mol. The molecule has 0 aliphatic rings. The maximum Gasteiger partial charge on any atom is 0.321 e. The van der Waals surface area contributed by atoms with E-state index in [9.17, 15) is 9.59 Å². The van der Waals surface area contributed by atoms with E-state index in [1.807, 2.05) is 6.07 Å². The van der Waals surface area contributed by atoms with Crippen LogP contribution < -0.4 is 20.1 Å². The number of methoxy groups -OCH3 is 2. The molecule has 0 aliphatic carbocycles. The lowest BCUT2D eigenvalue weighted by molar-refractivity contribution is -0.122. The number of ether oxygens (including phenoxy) is 3. The van der Waals surface area contributed by atoms with Crippen molar-refractivity contribution in [2.75, 3.05) is 34.0 Å². The van der Waals surface area contributed by atoms with E-state index in [0.29, 0.717) is 30.2 Å². The van der Waals surface area contributed by atoms with Crippen molar-refractivity contribution in [1.82, 2.24) is 10.6 Å². The molecular formula is C14H17N3O5. The average molecular weight is 307 g/mol. The van der Waals surface area contributed by atoms with Crippen LogP contribution in [0.1, 0.15) is 5.56 Å². The van der Waals surface area contributed by atoms with Crippen molar-refractivity contribution in [2.24, 2.45) is 0 Å². The Labute approximate surface area is 128 Å². The van der Waals surface area contributed by atoms with Gasteiger partial charge in [0.15, 0.2) is 18.1 Å². The number of urea groups is 1. The number of hydrogen-bond donors (Lipinski definition) is 2. The second-order valence-electron chi connectivity index (χ2n) is 4.06. The van der Waals surface area contributed by atoms with Gasteiger partial charge in [-0.25, -0.2) is 4.79 Å². The Morgan fingerprint density at radius 1 is 1.27 bits per heavy atom. The summed E-state index contributed by atoms with van der Waals surface area (Å²) in [6.07, 6.45) is 0. The summed E-state index contributed by atoms with van der Waals surface area (Å²) in [7, 11) is 2.93. The maximum absolute atomic E-state index is 11.6. The first kappa shape index (κ1) is 17.3. The van der Waals surface area contributed by atoms with Crippen molar-refractivity contribution >= 4 is 11.9 Å². The molecule has 0 atom stereocenters. The van der Waals surface area contributed by atoms with Crippen LogP contribution in [0.4, 0.5) is 4.79 Å². The topological polar surface area (TPSA) is 110 Å². The van der Waals surface area contributed by atoms with Crippen molar-refractivity contribution in [3.05, 3.63) is 23.8 Å². The number of amides is 3. The first-order chi connectivity index (χ1) is 10.6. The molecule has 0 aromatic heterocycles. The molecular weight excluding hydrogens is 290 g/mol. The van der Waals surface area contributed by atoms with Gasteiger partial charge < -0.3 is 19.5 Å². The van der Waals surface area contributed by atoms with Crippen LogP contribution in [0.2, 0.25) is 0 Å². The number of nitrogens with one attached hydrogen (secondary N) is 2. The molecule has 0 saturated heterocycles. The summed E-state index contributed by atoms with van der Waals surface area (Å²) in [5.74, 6) is 0.0224. The molecule has 0 bridgehead atoms. The first-order valence-corrected chi connectivity index (χ1v) is 6.38. The first-order valence-electron chi connectivity index (χ1n) is 6.38. The summed E-state index contributed by atoms with van der Waals surface area (Å²) in [6.45, 7) is 0.278. The summed E-state index contributed by atoms with van der Waals surface area (Å²) in [4.78, 5) is 22.9. The Morgan fingerprint density at radius 3 is 2.68 bits per heavy atom. The highest BCUT2D eigenvalue weighted by Gasteiger charge is 2.11. The molecule has 3 amide bonds. The van der Waals surface area contributed by atoms with Crippen molar-refractivity contribution in [1.29, 1.82) is 5.26 Å². The fourth-order valence-electron chi connectivity index (χ4n) is 1.47. The van der Waals surface area contributed by atoms with E-state index in [1.54, 1.807) is 0 Å². The molecule has 1 aromatic rings. The number of rotatable bonds is 7. The van der Waals surface area contributed by atoms with Gasteiger partial charge in [-0.1, -0.05) is 0 Å². The average Bonchev–Trinajstić information content (AvgIpc) is 2.52. The lowest BCUT2D eigenvalue weighted by atomic mass is 10.2. The minimum Gasteiger partial charge on any atom is -0.493 e. The third-order valence-electron chi connectivity index (χ3n) is 2.50. The molecule has 0 unspecified atom stereocenters. The number of nitriles is 1. The second kappa shape index (κ2) is 9.20. The van der Waals surface area contributed by atoms with Crippen molar-refractivity contribution in [2.45, 2.75) is 0 Å². The van der Waals surface area contributed by atoms with E-state index >= 15 is 0 Å². The van der Waals surface area contributed by atoms with Crippen molar-refractivity contribution in [3.8, 4) is 17.6 Å². The van der Waals surface area contributed by atoms with Crippen LogP contribution >= 0.6 is 0 Å². The Balaban J connectivity index is 2.47. The van der Waals surface area contributed by atoms with Crippen molar-refractivity contribution < 1.29 is 23.8 Å². The SMILES string of the molecule is COCCNC(=O)NC(=O)COc1ccc(C#N)cc1OC. The van der Waals surface area contributed by atoms with Gasteiger partial charge in [0.1, 0.15) is 0 Å². The summed E-state index contributed by atoms with van der Waals surface area (Å²) >= 11 is 0. The number of carbonyl (C=O) groups is 2. The Morgan fingerprint density at radius 2 is 2.05 bits per heavy atom. The smallest absolute Gasteiger partial charge is 0.321 e. The van der Waals surface area contributed by atoms with Crippen LogP contribution in [0, 0.1) is 11.3 Å². The van der Waals surface area contributed by atoms with Gasteiger partial charge in [-0.15, -0.1) is 0 Å². The Kier molecular flexibility index (Phi) is 7.22. The lowest BCUT2D eigenvalue weighted by Crippen LogP contribution is -2.42. The largest absolute Gasteiger partial charge is 0.493 e. The van der Waals surface area contributed by atoms with E-state index < -0.39 is 11.9 Å². The fraction of sp³-hybridized carbons (Fsp3) is 0.357. The molecule has 0 saturated carbocycles. The molecule has 8 nitrogen and oxygen atoms in total. The Bertz CT molecular complexity index is 568. The quantitative estimate of drug-likeness (QED) is 0.706. The van der Waals surface area contributed by atoms with Crippen LogP contribution in [-0.2, 0) is 9.53 Å². The summed E-state index contributed by atoms with van der Waals surface area (Å²) < 4.78 is 15.1. The molecule has 1 rings (SSSR count). The highest BCUT2D eigenvalue weighted by molar-refractivity contribution is 5.95. The van der Waals surface area contributed by atoms with Crippen LogP contribution in [0.3, 0.4) is 0 Å². The molecule has 22 heavy (non-hydrogen) atoms. The molecule has 0 aliphatic heterocycles. The zero-order chi connectivity index (χ0) is 16.4. The molecule has 0 radical (unpaired) electrons. The number of hydrogen-bond acceptors (Lipinski definition) is 6. The van der Waals surface area contributed by atoms with Gasteiger partial charge in [-0.05, 0) is 12.1 Å². The van der Waals surface area contributed by atoms with Crippen molar-refractivity contribution in [3.63, 3.8) is 0 Å². The third-order valence-corrected chi connectivity index (χ3v) is 2.50. The van der Waals surface area contributed by atoms with E-state index in [0.717, 1.165) is 0 Å². The highest BCUT2D eigenvalue weighted by atomic mass is 16.5. The van der Waals surface area contributed by atoms with Crippen LogP contribution in [-0.4, -0.2) is 45.9 Å². The summed E-state index contributed by atoms with van der Waals surface area (Å²) in [5, 5.41) is 13.3. The van der Waals surface area contributed by atoms with Gasteiger partial charge in [0.2, 0.25) is 0 Å². The minimum absolute atomic E-state index is 0.292. The molecule has 0 spiro atoms. The normalized spacial score (nSPS) is 9.50. The van der Waals surface area contributed by atoms with Crippen LogP contribution in [0.25, 0.3) is 0 Å². The van der Waals surface area contributed by atoms with E-state index in [2.05, 4.69) is 10.6 Å². The van der Waals surface area contributed by atoms with E-state index in [-0.39, 0.29) is 6.61 Å². The lowest BCUT2D eigenvalue weighted by Gasteiger charge is -2.11. The standard InChI is InChI=1S/C14H17N3O5/c1-20-6-5-16-14(19)17-13(18)9-22-11-4-3-10(8-15)7-12(11)21-2/h3-4,7H,5-6,9H2,1-2H3,(H2,16,17,18,19). The molecule has 0 fully saturated rings.